The van der Waals surface area contributed by atoms with Crippen LogP contribution in [0, 0.1) is 0 Å². The summed E-state index contributed by atoms with van der Waals surface area (Å²) in [7, 11) is 1.92. The number of aromatic nitrogens is 4. The molecule has 2 N–H and O–H groups in total. The molecule has 0 amide bonds. The van der Waals surface area contributed by atoms with E-state index in [-0.39, 0.29) is 0 Å². The van der Waals surface area contributed by atoms with Crippen LogP contribution in [0.15, 0.2) is 18.5 Å². The maximum absolute atomic E-state index is 5.80. The molecule has 0 radical (unpaired) electrons. The molecule has 0 aliphatic rings. The summed E-state index contributed by atoms with van der Waals surface area (Å²) in [6, 6.07) is 1.98. The van der Waals surface area contributed by atoms with Gasteiger partial charge >= 0.3 is 0 Å². The van der Waals surface area contributed by atoms with Crippen molar-refractivity contribution in [2.24, 2.45) is 7.05 Å². The second-order valence-corrected chi connectivity index (χ2v) is 3.73. The lowest BCUT2D eigenvalue weighted by molar-refractivity contribution is 0.588. The van der Waals surface area contributed by atoms with E-state index in [0.29, 0.717) is 10.8 Å². The van der Waals surface area contributed by atoms with Gasteiger partial charge in [0.2, 0.25) is 0 Å². The molecule has 0 unspecified atom stereocenters. The van der Waals surface area contributed by atoms with Crippen LogP contribution >= 0.6 is 11.6 Å². The van der Waals surface area contributed by atoms with E-state index in [9.17, 15) is 0 Å². The van der Waals surface area contributed by atoms with E-state index in [4.69, 9.17) is 17.3 Å². The number of nitrogens with zero attached hydrogens (tertiary/aromatic N) is 4. The Balaban J connectivity index is 2.02. The third-order valence-corrected chi connectivity index (χ3v) is 2.55. The minimum Gasteiger partial charge on any atom is -0.381 e. The third-order valence-electron chi connectivity index (χ3n) is 2.26. The highest BCUT2D eigenvalue weighted by atomic mass is 35.5. The van der Waals surface area contributed by atoms with Gasteiger partial charge in [0.1, 0.15) is 5.02 Å². The molecule has 0 saturated heterocycles. The number of aryl methyl sites for hydroxylation is 3. The first kappa shape index (κ1) is 10.0. The normalized spacial score (nSPS) is 10.8. The molecule has 2 aromatic rings. The van der Waals surface area contributed by atoms with Crippen molar-refractivity contribution in [3.8, 4) is 0 Å². The maximum Gasteiger partial charge on any atom is 0.164 e. The minimum absolute atomic E-state index is 0.377. The van der Waals surface area contributed by atoms with Gasteiger partial charge in [0, 0.05) is 38.1 Å². The number of nitrogens with two attached hydrogens (primary N) is 1. The van der Waals surface area contributed by atoms with Gasteiger partial charge in [-0.05, 0) is 6.07 Å². The number of nitrogen functional groups attached to an aromatic ring is 1. The predicted octanol–water partition coefficient (Wildman–Crippen LogP) is 1.09. The van der Waals surface area contributed by atoms with Crippen LogP contribution in [-0.4, -0.2) is 19.6 Å². The van der Waals surface area contributed by atoms with Gasteiger partial charge in [0.15, 0.2) is 5.82 Å². The fourth-order valence-corrected chi connectivity index (χ4v) is 1.55. The van der Waals surface area contributed by atoms with E-state index in [1.165, 1.54) is 0 Å². The van der Waals surface area contributed by atoms with Crippen LogP contribution in [0.1, 0.15) is 5.69 Å². The van der Waals surface area contributed by atoms with Crippen LogP contribution in [0.4, 0.5) is 5.82 Å². The van der Waals surface area contributed by atoms with Crippen molar-refractivity contribution in [2.45, 2.75) is 13.0 Å². The van der Waals surface area contributed by atoms with Gasteiger partial charge in [-0.2, -0.15) is 10.2 Å². The van der Waals surface area contributed by atoms with E-state index in [1.54, 1.807) is 17.1 Å². The zero-order chi connectivity index (χ0) is 10.8. The second kappa shape index (κ2) is 3.94. The smallest absolute Gasteiger partial charge is 0.164 e. The minimum atomic E-state index is 0.377. The van der Waals surface area contributed by atoms with Gasteiger partial charge in [-0.3, -0.25) is 9.36 Å². The van der Waals surface area contributed by atoms with Gasteiger partial charge in [-0.1, -0.05) is 11.6 Å². The van der Waals surface area contributed by atoms with Crippen LogP contribution in [0.2, 0.25) is 5.02 Å². The van der Waals surface area contributed by atoms with Crippen molar-refractivity contribution in [3.05, 3.63) is 29.2 Å². The molecule has 0 spiro atoms. The van der Waals surface area contributed by atoms with Crippen molar-refractivity contribution >= 4 is 17.4 Å². The SMILES string of the molecule is Cn1nccc1CCn1cc(Cl)c(N)n1. The maximum atomic E-state index is 5.80. The summed E-state index contributed by atoms with van der Waals surface area (Å²) >= 11 is 5.80. The van der Waals surface area contributed by atoms with Crippen molar-refractivity contribution in [1.29, 1.82) is 0 Å². The van der Waals surface area contributed by atoms with Crippen LogP contribution in [0.3, 0.4) is 0 Å². The molecule has 2 rings (SSSR count). The molecule has 0 atom stereocenters. The molecule has 0 aliphatic heterocycles. The van der Waals surface area contributed by atoms with Gasteiger partial charge < -0.3 is 5.73 Å². The predicted molar refractivity (Wildman–Crippen MR) is 58.6 cm³/mol. The van der Waals surface area contributed by atoms with Gasteiger partial charge in [-0.25, -0.2) is 0 Å². The topological polar surface area (TPSA) is 61.7 Å². The van der Waals surface area contributed by atoms with Crippen LogP contribution in [0.25, 0.3) is 0 Å². The van der Waals surface area contributed by atoms with Crippen molar-refractivity contribution in [1.82, 2.24) is 19.6 Å². The van der Waals surface area contributed by atoms with E-state index < -0.39 is 0 Å². The lowest BCUT2D eigenvalue weighted by atomic mass is 10.3. The lowest BCUT2D eigenvalue weighted by Crippen LogP contribution is -2.06. The standard InChI is InChI=1S/C9H12ClN5/c1-14-7(2-4-12-14)3-5-15-6-8(10)9(11)13-15/h2,4,6H,3,5H2,1H3,(H2,11,13). The molecule has 6 heteroatoms. The molecule has 0 fully saturated rings. The molecule has 2 aromatic heterocycles. The molecule has 0 aliphatic carbocycles. The average Bonchev–Trinajstić information content (AvgIpc) is 2.72. The first-order chi connectivity index (χ1) is 7.16. The Hall–Kier alpha value is -1.49. The Labute approximate surface area is 92.4 Å². The highest BCUT2D eigenvalue weighted by molar-refractivity contribution is 6.32. The molecule has 0 saturated carbocycles. The van der Waals surface area contributed by atoms with E-state index in [2.05, 4.69) is 10.2 Å². The fourth-order valence-electron chi connectivity index (χ4n) is 1.40. The molecule has 0 bridgehead atoms. The van der Waals surface area contributed by atoms with E-state index in [0.717, 1.165) is 18.7 Å². The number of halogens is 1. The fraction of sp³-hybridized carbons (Fsp3) is 0.333. The largest absolute Gasteiger partial charge is 0.381 e. The molecule has 0 aromatic carbocycles. The Morgan fingerprint density at radius 3 is 2.87 bits per heavy atom. The molecule has 80 valence electrons. The molecular formula is C9H12ClN5. The number of rotatable bonds is 3. The first-order valence-electron chi connectivity index (χ1n) is 4.62. The van der Waals surface area contributed by atoms with Gasteiger partial charge in [-0.15, -0.1) is 0 Å². The lowest BCUT2D eigenvalue weighted by Gasteiger charge is -2.01. The Kier molecular flexibility index (Phi) is 2.64. The number of anilines is 1. The number of hydrogen-bond donors (Lipinski definition) is 1. The summed E-state index contributed by atoms with van der Waals surface area (Å²) in [5.41, 5.74) is 6.69. The summed E-state index contributed by atoms with van der Waals surface area (Å²) < 4.78 is 3.58. The quantitative estimate of drug-likeness (QED) is 0.851. The molecular weight excluding hydrogens is 214 g/mol. The van der Waals surface area contributed by atoms with E-state index >= 15 is 0 Å². The Bertz CT molecular complexity index is 439. The average molecular weight is 226 g/mol. The third kappa shape index (κ3) is 2.12. The van der Waals surface area contributed by atoms with Gasteiger partial charge in [0.05, 0.1) is 0 Å². The van der Waals surface area contributed by atoms with Crippen molar-refractivity contribution < 1.29 is 0 Å². The molecule has 2 heterocycles. The summed E-state index contributed by atoms with van der Waals surface area (Å²) in [4.78, 5) is 0. The highest BCUT2D eigenvalue weighted by Crippen LogP contribution is 2.15. The molecule has 15 heavy (non-hydrogen) atoms. The van der Waals surface area contributed by atoms with Crippen LogP contribution < -0.4 is 5.73 Å². The monoisotopic (exact) mass is 225 g/mol. The summed E-state index contributed by atoms with van der Waals surface area (Å²) in [6.07, 6.45) is 4.36. The second-order valence-electron chi connectivity index (χ2n) is 3.32. The molecule has 5 nitrogen and oxygen atoms in total. The first-order valence-corrected chi connectivity index (χ1v) is 5.00. The van der Waals surface area contributed by atoms with Crippen molar-refractivity contribution in [3.63, 3.8) is 0 Å². The van der Waals surface area contributed by atoms with Gasteiger partial charge in [0.25, 0.3) is 0 Å². The summed E-state index contributed by atoms with van der Waals surface area (Å²) in [6.45, 7) is 0.746. The van der Waals surface area contributed by atoms with Crippen molar-refractivity contribution in [2.75, 3.05) is 5.73 Å². The van der Waals surface area contributed by atoms with Crippen LogP contribution in [-0.2, 0) is 20.0 Å². The van der Waals surface area contributed by atoms with Crippen LogP contribution in [0.5, 0.6) is 0 Å². The zero-order valence-corrected chi connectivity index (χ0v) is 9.15. The Morgan fingerprint density at radius 2 is 2.33 bits per heavy atom. The summed E-state index contributed by atoms with van der Waals surface area (Å²) in [5.74, 6) is 0.377. The Morgan fingerprint density at radius 1 is 1.53 bits per heavy atom. The zero-order valence-electron chi connectivity index (χ0n) is 8.39. The summed E-state index contributed by atoms with van der Waals surface area (Å²) in [5, 5.41) is 8.66. The highest BCUT2D eigenvalue weighted by Gasteiger charge is 2.03. The number of hydrogen-bond acceptors (Lipinski definition) is 3. The van der Waals surface area contributed by atoms with E-state index in [1.807, 2.05) is 17.8 Å².